The maximum Gasteiger partial charge on any atom is 0.245 e. The van der Waals surface area contributed by atoms with Crippen LogP contribution >= 0.6 is 0 Å². The van der Waals surface area contributed by atoms with Gasteiger partial charge in [0.05, 0.1) is 6.61 Å². The molecule has 2 heterocycles. The van der Waals surface area contributed by atoms with Crippen molar-refractivity contribution < 1.29 is 14.3 Å². The summed E-state index contributed by atoms with van der Waals surface area (Å²) in [5, 5.41) is 0. The first kappa shape index (κ1) is 18.9. The minimum atomic E-state index is -0.731. The number of unbranched alkanes of at least 4 members (excludes halogenated alkanes) is 1. The molecule has 2 aromatic carbocycles. The monoisotopic (exact) mass is 379 g/mol. The van der Waals surface area contributed by atoms with E-state index in [0.29, 0.717) is 19.1 Å². The molecule has 0 radical (unpaired) electrons. The second-order valence-electron chi connectivity index (χ2n) is 8.21. The largest absolute Gasteiger partial charge is 0.493 e. The quantitative estimate of drug-likeness (QED) is 0.640. The molecule has 1 atom stereocenters. The Bertz CT molecular complexity index is 876. The number of carbonyl (C=O) groups is 1. The number of rotatable bonds is 7. The van der Waals surface area contributed by atoms with Crippen molar-refractivity contribution in [2.45, 2.75) is 45.4 Å². The Kier molecular flexibility index (Phi) is 5.05. The normalized spacial score (nSPS) is 19.9. The van der Waals surface area contributed by atoms with Crippen molar-refractivity contribution in [1.29, 1.82) is 0 Å². The van der Waals surface area contributed by atoms with Crippen LogP contribution in [0.2, 0.25) is 0 Å². The van der Waals surface area contributed by atoms with Gasteiger partial charge in [0.25, 0.3) is 0 Å². The van der Waals surface area contributed by atoms with Crippen LogP contribution in [-0.2, 0) is 10.2 Å². The van der Waals surface area contributed by atoms with Crippen LogP contribution in [0.5, 0.6) is 11.5 Å². The third-order valence-electron chi connectivity index (χ3n) is 5.82. The highest BCUT2D eigenvalue weighted by molar-refractivity contribution is 6.11. The Morgan fingerprint density at radius 2 is 2.00 bits per heavy atom. The van der Waals surface area contributed by atoms with Gasteiger partial charge in [-0.25, -0.2) is 0 Å². The Balaban J connectivity index is 1.70. The van der Waals surface area contributed by atoms with Gasteiger partial charge in [0.2, 0.25) is 5.91 Å². The summed E-state index contributed by atoms with van der Waals surface area (Å²) in [6.07, 6.45) is 3.11. The molecule has 1 spiro atoms. The lowest BCUT2D eigenvalue weighted by Gasteiger charge is -2.23. The molecule has 4 nitrogen and oxygen atoms in total. The highest BCUT2D eigenvalue weighted by atomic mass is 16.5. The van der Waals surface area contributed by atoms with Crippen molar-refractivity contribution >= 4 is 11.6 Å². The molecular formula is C24H29NO3. The minimum Gasteiger partial charge on any atom is -0.493 e. The molecule has 0 fully saturated rings. The number of nitrogens with zero attached hydrogens (tertiary/aromatic N) is 1. The number of anilines is 1. The minimum absolute atomic E-state index is 0.132. The summed E-state index contributed by atoms with van der Waals surface area (Å²) in [7, 11) is 0. The first-order valence-electron chi connectivity index (χ1n) is 10.4. The molecule has 148 valence electrons. The molecule has 0 aliphatic carbocycles. The summed E-state index contributed by atoms with van der Waals surface area (Å²) in [6, 6.07) is 14.1. The number of para-hydroxylation sites is 1. The van der Waals surface area contributed by atoms with E-state index in [4.69, 9.17) is 9.47 Å². The standard InChI is InChI=1S/C24H29NO3/c1-4-5-14-27-18-10-11-20-22(15-18)28-16-24(20)19-8-6-7-9-21(19)25(23(24)26)13-12-17(2)3/h6-11,15,17H,4-5,12-14,16H2,1-3H3. The third-order valence-corrected chi connectivity index (χ3v) is 5.82. The van der Waals surface area contributed by atoms with Crippen molar-refractivity contribution in [2.24, 2.45) is 5.92 Å². The highest BCUT2D eigenvalue weighted by Crippen LogP contribution is 2.52. The fourth-order valence-electron chi connectivity index (χ4n) is 4.20. The van der Waals surface area contributed by atoms with E-state index in [1.54, 1.807) is 0 Å². The summed E-state index contributed by atoms with van der Waals surface area (Å²) in [4.78, 5) is 15.6. The van der Waals surface area contributed by atoms with Gasteiger partial charge in [0, 0.05) is 23.9 Å². The van der Waals surface area contributed by atoms with Gasteiger partial charge in [-0.05, 0) is 36.5 Å². The molecule has 2 aliphatic heterocycles. The number of fused-ring (bicyclic) bond motifs is 4. The predicted molar refractivity (Wildman–Crippen MR) is 111 cm³/mol. The molecular weight excluding hydrogens is 350 g/mol. The van der Waals surface area contributed by atoms with Crippen LogP contribution in [0.1, 0.15) is 51.2 Å². The average molecular weight is 380 g/mol. The molecule has 4 heteroatoms. The van der Waals surface area contributed by atoms with E-state index in [9.17, 15) is 4.79 Å². The molecule has 2 aliphatic rings. The van der Waals surface area contributed by atoms with Crippen molar-refractivity contribution in [3.63, 3.8) is 0 Å². The fraction of sp³-hybridized carbons (Fsp3) is 0.458. The zero-order valence-corrected chi connectivity index (χ0v) is 17.0. The van der Waals surface area contributed by atoms with Gasteiger partial charge in [-0.3, -0.25) is 4.79 Å². The lowest BCUT2D eigenvalue weighted by molar-refractivity contribution is -0.122. The smallest absolute Gasteiger partial charge is 0.245 e. The first-order valence-corrected chi connectivity index (χ1v) is 10.4. The molecule has 4 rings (SSSR count). The molecule has 0 saturated carbocycles. The SMILES string of the molecule is CCCCOc1ccc2c(c1)OCC21C(=O)N(CCC(C)C)c2ccccc21. The van der Waals surface area contributed by atoms with E-state index in [1.807, 2.05) is 35.2 Å². The van der Waals surface area contributed by atoms with E-state index < -0.39 is 5.41 Å². The summed E-state index contributed by atoms with van der Waals surface area (Å²) in [5.41, 5.74) is 2.31. The Hall–Kier alpha value is -2.49. The van der Waals surface area contributed by atoms with Crippen molar-refractivity contribution in [3.8, 4) is 11.5 Å². The lowest BCUT2D eigenvalue weighted by Crippen LogP contribution is -2.43. The molecule has 1 amide bonds. The fourth-order valence-corrected chi connectivity index (χ4v) is 4.20. The Labute approximate surface area is 167 Å². The van der Waals surface area contributed by atoms with E-state index in [1.165, 1.54) is 0 Å². The number of hydrogen-bond acceptors (Lipinski definition) is 3. The summed E-state index contributed by atoms with van der Waals surface area (Å²) in [6.45, 7) is 8.32. The number of benzene rings is 2. The summed E-state index contributed by atoms with van der Waals surface area (Å²) in [5.74, 6) is 2.25. The van der Waals surface area contributed by atoms with E-state index >= 15 is 0 Å². The lowest BCUT2D eigenvalue weighted by atomic mass is 9.77. The summed E-state index contributed by atoms with van der Waals surface area (Å²) >= 11 is 0. The summed E-state index contributed by atoms with van der Waals surface area (Å²) < 4.78 is 11.9. The Morgan fingerprint density at radius 3 is 2.79 bits per heavy atom. The number of amides is 1. The maximum absolute atomic E-state index is 13.7. The van der Waals surface area contributed by atoms with Crippen molar-refractivity contribution in [3.05, 3.63) is 53.6 Å². The highest BCUT2D eigenvalue weighted by Gasteiger charge is 2.56. The molecule has 0 saturated heterocycles. The molecule has 28 heavy (non-hydrogen) atoms. The number of hydrogen-bond donors (Lipinski definition) is 0. The predicted octanol–water partition coefficient (Wildman–Crippen LogP) is 4.94. The van der Waals surface area contributed by atoms with Gasteiger partial charge < -0.3 is 14.4 Å². The molecule has 2 aromatic rings. The molecule has 0 bridgehead atoms. The third kappa shape index (κ3) is 2.95. The van der Waals surface area contributed by atoms with Crippen LogP contribution in [-0.4, -0.2) is 25.7 Å². The topological polar surface area (TPSA) is 38.8 Å². The molecule has 0 N–H and O–H groups in total. The molecule has 0 aromatic heterocycles. The van der Waals surface area contributed by atoms with Gasteiger partial charge in [0.15, 0.2) is 0 Å². The first-order chi connectivity index (χ1) is 13.6. The zero-order chi connectivity index (χ0) is 19.7. The van der Waals surface area contributed by atoms with E-state index in [2.05, 4.69) is 32.9 Å². The maximum atomic E-state index is 13.7. The van der Waals surface area contributed by atoms with Gasteiger partial charge in [-0.2, -0.15) is 0 Å². The molecule has 1 unspecified atom stereocenters. The van der Waals surface area contributed by atoms with Crippen molar-refractivity contribution in [2.75, 3.05) is 24.7 Å². The number of ether oxygens (including phenoxy) is 2. The van der Waals surface area contributed by atoms with Crippen molar-refractivity contribution in [1.82, 2.24) is 0 Å². The second-order valence-corrected chi connectivity index (χ2v) is 8.21. The van der Waals surface area contributed by atoms with Gasteiger partial charge in [-0.1, -0.05) is 51.5 Å². The average Bonchev–Trinajstić information content (AvgIpc) is 3.18. The second kappa shape index (κ2) is 7.50. The zero-order valence-electron chi connectivity index (χ0n) is 17.0. The van der Waals surface area contributed by atoms with E-state index in [0.717, 1.165) is 54.1 Å². The Morgan fingerprint density at radius 1 is 1.18 bits per heavy atom. The van der Waals surface area contributed by atoms with Crippen LogP contribution in [0, 0.1) is 5.92 Å². The van der Waals surface area contributed by atoms with Crippen LogP contribution in [0.3, 0.4) is 0 Å². The van der Waals surface area contributed by atoms with Gasteiger partial charge in [0.1, 0.15) is 23.5 Å². The number of carbonyl (C=O) groups excluding carboxylic acids is 1. The van der Waals surface area contributed by atoms with Crippen LogP contribution in [0.15, 0.2) is 42.5 Å². The van der Waals surface area contributed by atoms with Crippen LogP contribution in [0.25, 0.3) is 0 Å². The van der Waals surface area contributed by atoms with Gasteiger partial charge >= 0.3 is 0 Å². The van der Waals surface area contributed by atoms with Crippen LogP contribution < -0.4 is 14.4 Å². The van der Waals surface area contributed by atoms with Crippen LogP contribution in [0.4, 0.5) is 5.69 Å². The van der Waals surface area contributed by atoms with E-state index in [-0.39, 0.29) is 5.91 Å². The van der Waals surface area contributed by atoms with Gasteiger partial charge in [-0.15, -0.1) is 0 Å².